The molecule has 1 aliphatic carbocycles. The summed E-state index contributed by atoms with van der Waals surface area (Å²) in [5, 5.41) is 0. The molecular formula is C21H25NO4. The fourth-order valence-corrected chi connectivity index (χ4v) is 3.72. The van der Waals surface area contributed by atoms with Crippen LogP contribution in [0.1, 0.15) is 37.5 Å². The van der Waals surface area contributed by atoms with Gasteiger partial charge < -0.3 is 19.9 Å². The number of ether oxygens (including phenoxy) is 3. The van der Waals surface area contributed by atoms with E-state index in [1.54, 1.807) is 14.2 Å². The number of hydrogen-bond acceptors (Lipinski definition) is 4. The highest BCUT2D eigenvalue weighted by Crippen LogP contribution is 2.47. The molecule has 2 N–H and O–H groups in total. The van der Waals surface area contributed by atoms with E-state index in [0.717, 1.165) is 46.6 Å². The first-order valence-electron chi connectivity index (χ1n) is 8.67. The number of aryl methyl sites for hydroxylation is 1. The van der Waals surface area contributed by atoms with E-state index in [1.165, 1.54) is 0 Å². The Morgan fingerprint density at radius 1 is 1.12 bits per heavy atom. The number of amides is 1. The minimum absolute atomic E-state index is 0.161. The normalized spacial score (nSPS) is 17.9. The summed E-state index contributed by atoms with van der Waals surface area (Å²) in [5.41, 5.74) is 9.23. The van der Waals surface area contributed by atoms with Gasteiger partial charge in [0.2, 0.25) is 0 Å². The van der Waals surface area contributed by atoms with E-state index in [1.807, 2.05) is 30.3 Å². The molecule has 1 unspecified atom stereocenters. The number of fused-ring (bicyclic) bond motifs is 1. The molecule has 26 heavy (non-hydrogen) atoms. The van der Waals surface area contributed by atoms with Gasteiger partial charge >= 0.3 is 6.09 Å². The van der Waals surface area contributed by atoms with Crippen LogP contribution in [0.2, 0.25) is 0 Å². The van der Waals surface area contributed by atoms with Crippen LogP contribution in [0.3, 0.4) is 0 Å². The molecular weight excluding hydrogens is 330 g/mol. The summed E-state index contributed by atoms with van der Waals surface area (Å²) >= 11 is 0. The number of carbonyl (C=O) groups is 1. The molecule has 2 aromatic carbocycles. The second-order valence-electron chi connectivity index (χ2n) is 7.26. The van der Waals surface area contributed by atoms with Crippen molar-refractivity contribution in [2.45, 2.75) is 32.8 Å². The van der Waals surface area contributed by atoms with Crippen LogP contribution >= 0.6 is 0 Å². The smallest absolute Gasteiger partial charge is 0.405 e. The van der Waals surface area contributed by atoms with Gasteiger partial charge in [-0.2, -0.15) is 0 Å². The number of methoxy groups -OCH3 is 2. The average molecular weight is 355 g/mol. The van der Waals surface area contributed by atoms with Crippen molar-refractivity contribution in [2.75, 3.05) is 14.2 Å². The quantitative estimate of drug-likeness (QED) is 0.878. The number of primary amides is 1. The molecule has 0 heterocycles. The van der Waals surface area contributed by atoms with Crippen molar-refractivity contribution in [3.05, 3.63) is 47.5 Å². The van der Waals surface area contributed by atoms with Crippen LogP contribution in [0.15, 0.2) is 36.4 Å². The Morgan fingerprint density at radius 2 is 1.77 bits per heavy atom. The minimum atomic E-state index is -0.744. The molecule has 3 rings (SSSR count). The predicted molar refractivity (Wildman–Crippen MR) is 100 cm³/mol. The fraction of sp³-hybridized carbons (Fsp3) is 0.381. The molecule has 2 aromatic rings. The van der Waals surface area contributed by atoms with Crippen molar-refractivity contribution >= 4 is 6.09 Å². The Labute approximate surface area is 154 Å². The van der Waals surface area contributed by atoms with E-state index in [2.05, 4.69) is 19.9 Å². The maximum atomic E-state index is 11.4. The zero-order valence-corrected chi connectivity index (χ0v) is 15.7. The Hall–Kier alpha value is -2.69. The van der Waals surface area contributed by atoms with E-state index in [4.69, 9.17) is 19.9 Å². The molecule has 5 nitrogen and oxygen atoms in total. The van der Waals surface area contributed by atoms with E-state index in [9.17, 15) is 4.79 Å². The van der Waals surface area contributed by atoms with Gasteiger partial charge in [0.15, 0.2) is 0 Å². The van der Waals surface area contributed by atoms with Gasteiger partial charge in [-0.15, -0.1) is 0 Å². The standard InChI is InChI=1S/C21H25NO4/c1-21(2)11-10-13-12-14(8-9-15(13)19(21)26-20(22)23)18-16(24-3)6-5-7-17(18)25-4/h5-9,12,19H,10-11H2,1-4H3,(H2,22,23). The van der Waals surface area contributed by atoms with Gasteiger partial charge in [-0.1, -0.05) is 38.1 Å². The van der Waals surface area contributed by atoms with Crippen LogP contribution in [0.25, 0.3) is 11.1 Å². The monoisotopic (exact) mass is 355 g/mol. The third-order valence-electron chi connectivity index (χ3n) is 5.12. The van der Waals surface area contributed by atoms with Gasteiger partial charge in [-0.25, -0.2) is 4.79 Å². The maximum Gasteiger partial charge on any atom is 0.405 e. The number of benzene rings is 2. The lowest BCUT2D eigenvalue weighted by atomic mass is 9.71. The van der Waals surface area contributed by atoms with Crippen molar-refractivity contribution in [1.29, 1.82) is 0 Å². The topological polar surface area (TPSA) is 70.8 Å². The lowest BCUT2D eigenvalue weighted by molar-refractivity contribution is 0.0147. The Morgan fingerprint density at radius 3 is 2.35 bits per heavy atom. The Balaban J connectivity index is 2.10. The number of carbonyl (C=O) groups excluding carboxylic acids is 1. The van der Waals surface area contributed by atoms with Crippen LogP contribution in [0.4, 0.5) is 4.79 Å². The van der Waals surface area contributed by atoms with Crippen LogP contribution in [0.5, 0.6) is 11.5 Å². The zero-order valence-electron chi connectivity index (χ0n) is 15.7. The molecule has 0 spiro atoms. The summed E-state index contributed by atoms with van der Waals surface area (Å²) < 4.78 is 16.5. The van der Waals surface area contributed by atoms with Crippen LogP contribution in [0, 0.1) is 5.41 Å². The fourth-order valence-electron chi connectivity index (χ4n) is 3.72. The van der Waals surface area contributed by atoms with Crippen molar-refractivity contribution in [3.8, 4) is 22.6 Å². The van der Waals surface area contributed by atoms with Crippen LogP contribution in [-0.4, -0.2) is 20.3 Å². The first kappa shape index (κ1) is 18.1. The van der Waals surface area contributed by atoms with Gasteiger partial charge in [0.25, 0.3) is 0 Å². The van der Waals surface area contributed by atoms with E-state index < -0.39 is 6.09 Å². The highest BCUT2D eigenvalue weighted by molar-refractivity contribution is 5.78. The molecule has 0 fully saturated rings. The molecule has 138 valence electrons. The average Bonchev–Trinajstić information content (AvgIpc) is 2.62. The second kappa shape index (κ2) is 6.90. The summed E-state index contributed by atoms with van der Waals surface area (Å²) in [4.78, 5) is 11.4. The van der Waals surface area contributed by atoms with Crippen molar-refractivity contribution < 1.29 is 19.0 Å². The van der Waals surface area contributed by atoms with Gasteiger partial charge in [0.05, 0.1) is 19.8 Å². The largest absolute Gasteiger partial charge is 0.496 e. The molecule has 0 saturated carbocycles. The second-order valence-corrected chi connectivity index (χ2v) is 7.26. The highest BCUT2D eigenvalue weighted by atomic mass is 16.6. The highest BCUT2D eigenvalue weighted by Gasteiger charge is 2.38. The number of nitrogens with two attached hydrogens (primary N) is 1. The summed E-state index contributed by atoms with van der Waals surface area (Å²) in [6.45, 7) is 4.20. The first-order valence-corrected chi connectivity index (χ1v) is 8.67. The molecule has 0 aliphatic heterocycles. The van der Waals surface area contributed by atoms with Crippen LogP contribution < -0.4 is 15.2 Å². The molecule has 0 saturated heterocycles. The lowest BCUT2D eigenvalue weighted by Crippen LogP contribution is -2.33. The summed E-state index contributed by atoms with van der Waals surface area (Å²) in [5.74, 6) is 1.51. The molecule has 5 heteroatoms. The molecule has 1 aliphatic rings. The lowest BCUT2D eigenvalue weighted by Gasteiger charge is -2.39. The van der Waals surface area contributed by atoms with Gasteiger partial charge in [-0.05, 0) is 41.7 Å². The first-order chi connectivity index (χ1) is 12.4. The minimum Gasteiger partial charge on any atom is -0.496 e. The Bertz CT molecular complexity index is 807. The summed E-state index contributed by atoms with van der Waals surface area (Å²) in [6, 6.07) is 11.9. The number of rotatable bonds is 4. The third-order valence-corrected chi connectivity index (χ3v) is 5.12. The zero-order chi connectivity index (χ0) is 18.9. The van der Waals surface area contributed by atoms with Crippen LogP contribution in [-0.2, 0) is 11.2 Å². The summed E-state index contributed by atoms with van der Waals surface area (Å²) in [7, 11) is 3.30. The van der Waals surface area contributed by atoms with E-state index >= 15 is 0 Å². The molecule has 1 amide bonds. The van der Waals surface area contributed by atoms with Gasteiger partial charge in [0, 0.05) is 5.41 Å². The predicted octanol–water partition coefficient (Wildman–Crippen LogP) is 4.48. The third kappa shape index (κ3) is 3.21. The Kier molecular flexibility index (Phi) is 4.81. The molecule has 1 atom stereocenters. The number of hydrogen-bond donors (Lipinski definition) is 1. The van der Waals surface area contributed by atoms with Crippen molar-refractivity contribution in [1.82, 2.24) is 0 Å². The van der Waals surface area contributed by atoms with E-state index in [0.29, 0.717) is 0 Å². The maximum absolute atomic E-state index is 11.4. The summed E-state index contributed by atoms with van der Waals surface area (Å²) in [6.07, 6.45) is 0.722. The molecule has 0 aromatic heterocycles. The van der Waals surface area contributed by atoms with E-state index in [-0.39, 0.29) is 11.5 Å². The van der Waals surface area contributed by atoms with Gasteiger partial charge in [-0.3, -0.25) is 0 Å². The van der Waals surface area contributed by atoms with Crippen molar-refractivity contribution in [2.24, 2.45) is 11.1 Å². The molecule has 0 radical (unpaired) electrons. The SMILES string of the molecule is COc1cccc(OC)c1-c1ccc2c(c1)CCC(C)(C)C2OC(N)=O. The molecule has 0 bridgehead atoms. The van der Waals surface area contributed by atoms with Crippen molar-refractivity contribution in [3.63, 3.8) is 0 Å². The van der Waals surface area contributed by atoms with Gasteiger partial charge in [0.1, 0.15) is 17.6 Å².